The van der Waals surface area contributed by atoms with Crippen LogP contribution in [-0.2, 0) is 14.3 Å². The van der Waals surface area contributed by atoms with Gasteiger partial charge in [0, 0.05) is 19.3 Å². The number of nitrogens with zero attached hydrogens (tertiary/aromatic N) is 1. The minimum atomic E-state index is -0.422. The van der Waals surface area contributed by atoms with Crippen LogP contribution in [0.3, 0.4) is 0 Å². The van der Waals surface area contributed by atoms with E-state index in [1.54, 1.807) is 6.08 Å². The lowest BCUT2D eigenvalue weighted by molar-refractivity contribution is -0.171. The van der Waals surface area contributed by atoms with Crippen LogP contribution in [0.25, 0.3) is 0 Å². The van der Waals surface area contributed by atoms with Crippen molar-refractivity contribution in [2.24, 2.45) is 0 Å². The molecular weight excluding hydrogens is 266 g/mol. The first-order chi connectivity index (χ1) is 10.2. The molecule has 0 N–H and O–H groups in total. The highest BCUT2D eigenvalue weighted by Gasteiger charge is 2.36. The van der Waals surface area contributed by atoms with E-state index < -0.39 is 6.29 Å². The van der Waals surface area contributed by atoms with Crippen molar-refractivity contribution in [3.8, 4) is 0 Å². The second kappa shape index (κ2) is 7.38. The molecule has 2 atom stereocenters. The zero-order chi connectivity index (χ0) is 15.2. The molecule has 1 aromatic carbocycles. The molecule has 0 unspecified atom stereocenters. The highest BCUT2D eigenvalue weighted by atomic mass is 16.7. The van der Waals surface area contributed by atoms with Crippen molar-refractivity contribution in [3.63, 3.8) is 0 Å². The summed E-state index contributed by atoms with van der Waals surface area (Å²) in [6, 6.07) is 9.79. The SMILES string of the molecule is CCOC(OCC)[C@@H]1C=CC(=O)N1[C@H](C)c1ccccc1. The molecule has 0 fully saturated rings. The molecule has 1 aromatic rings. The van der Waals surface area contributed by atoms with Crippen molar-refractivity contribution >= 4 is 5.91 Å². The molecule has 114 valence electrons. The normalized spacial score (nSPS) is 19.5. The number of carbonyl (C=O) groups is 1. The zero-order valence-corrected chi connectivity index (χ0v) is 12.9. The molecule has 1 aliphatic heterocycles. The van der Waals surface area contributed by atoms with Gasteiger partial charge in [-0.05, 0) is 26.3 Å². The third-order valence-electron chi connectivity index (χ3n) is 3.65. The average molecular weight is 289 g/mol. The lowest BCUT2D eigenvalue weighted by atomic mass is 10.1. The Kier molecular flexibility index (Phi) is 5.53. The third-order valence-corrected chi connectivity index (χ3v) is 3.65. The van der Waals surface area contributed by atoms with E-state index in [1.807, 2.05) is 62.1 Å². The Labute approximate surface area is 126 Å². The fourth-order valence-electron chi connectivity index (χ4n) is 2.64. The van der Waals surface area contributed by atoms with Gasteiger partial charge < -0.3 is 14.4 Å². The van der Waals surface area contributed by atoms with Gasteiger partial charge in [-0.3, -0.25) is 4.79 Å². The van der Waals surface area contributed by atoms with E-state index in [4.69, 9.17) is 9.47 Å². The summed E-state index contributed by atoms with van der Waals surface area (Å²) >= 11 is 0. The van der Waals surface area contributed by atoms with Crippen LogP contribution in [0.15, 0.2) is 42.5 Å². The Hall–Kier alpha value is -1.65. The van der Waals surface area contributed by atoms with Crippen LogP contribution >= 0.6 is 0 Å². The first-order valence-electron chi connectivity index (χ1n) is 7.47. The lowest BCUT2D eigenvalue weighted by Crippen LogP contribution is -2.45. The van der Waals surface area contributed by atoms with Crippen LogP contribution in [0.1, 0.15) is 32.4 Å². The smallest absolute Gasteiger partial charge is 0.247 e. The molecule has 0 saturated carbocycles. The van der Waals surface area contributed by atoms with Crippen molar-refractivity contribution in [1.82, 2.24) is 4.90 Å². The second-order valence-electron chi connectivity index (χ2n) is 4.96. The quantitative estimate of drug-likeness (QED) is 0.724. The molecule has 0 spiro atoms. The number of benzene rings is 1. The van der Waals surface area contributed by atoms with Crippen LogP contribution in [0.2, 0.25) is 0 Å². The zero-order valence-electron chi connectivity index (χ0n) is 12.9. The number of ether oxygens (including phenoxy) is 2. The van der Waals surface area contributed by atoms with E-state index in [-0.39, 0.29) is 18.0 Å². The topological polar surface area (TPSA) is 38.8 Å². The Morgan fingerprint density at radius 3 is 2.33 bits per heavy atom. The van der Waals surface area contributed by atoms with Crippen LogP contribution < -0.4 is 0 Å². The largest absolute Gasteiger partial charge is 0.350 e. The van der Waals surface area contributed by atoms with Crippen LogP contribution in [-0.4, -0.2) is 36.4 Å². The lowest BCUT2D eigenvalue weighted by Gasteiger charge is -2.35. The van der Waals surface area contributed by atoms with E-state index in [0.29, 0.717) is 13.2 Å². The molecule has 0 radical (unpaired) electrons. The summed E-state index contributed by atoms with van der Waals surface area (Å²) in [5, 5.41) is 0. The fraction of sp³-hybridized carbons (Fsp3) is 0.471. The predicted molar refractivity (Wildman–Crippen MR) is 81.7 cm³/mol. The summed E-state index contributed by atoms with van der Waals surface area (Å²) in [5.74, 6) is 0.000703. The first-order valence-corrected chi connectivity index (χ1v) is 7.47. The highest BCUT2D eigenvalue weighted by molar-refractivity contribution is 5.91. The fourth-order valence-corrected chi connectivity index (χ4v) is 2.64. The Balaban J connectivity index is 2.21. The average Bonchev–Trinajstić information content (AvgIpc) is 2.89. The number of rotatable bonds is 7. The van der Waals surface area contributed by atoms with E-state index in [2.05, 4.69) is 0 Å². The molecule has 1 amide bonds. The van der Waals surface area contributed by atoms with Crippen molar-refractivity contribution in [2.45, 2.75) is 39.1 Å². The number of hydrogen-bond acceptors (Lipinski definition) is 3. The van der Waals surface area contributed by atoms with Gasteiger partial charge in [0.05, 0.1) is 6.04 Å². The Morgan fingerprint density at radius 1 is 1.14 bits per heavy atom. The second-order valence-corrected chi connectivity index (χ2v) is 4.96. The molecular formula is C17H23NO3. The van der Waals surface area contributed by atoms with Gasteiger partial charge in [-0.15, -0.1) is 0 Å². The molecule has 0 bridgehead atoms. The molecule has 0 saturated heterocycles. The highest BCUT2D eigenvalue weighted by Crippen LogP contribution is 2.29. The minimum Gasteiger partial charge on any atom is -0.350 e. The van der Waals surface area contributed by atoms with E-state index >= 15 is 0 Å². The maximum atomic E-state index is 12.2. The van der Waals surface area contributed by atoms with E-state index in [1.165, 1.54) is 0 Å². The van der Waals surface area contributed by atoms with Gasteiger partial charge in [-0.25, -0.2) is 0 Å². The summed E-state index contributed by atoms with van der Waals surface area (Å²) in [5.41, 5.74) is 1.10. The van der Waals surface area contributed by atoms with E-state index in [9.17, 15) is 4.79 Å². The molecule has 1 heterocycles. The van der Waals surface area contributed by atoms with Gasteiger partial charge in [0.15, 0.2) is 6.29 Å². The third kappa shape index (κ3) is 3.52. The Bertz CT molecular complexity index is 480. The number of carbonyl (C=O) groups excluding carboxylic acids is 1. The van der Waals surface area contributed by atoms with Gasteiger partial charge in [-0.2, -0.15) is 0 Å². The number of amides is 1. The molecule has 4 nitrogen and oxygen atoms in total. The standard InChI is InChI=1S/C17H23NO3/c1-4-20-17(21-5-2)15-11-12-16(19)18(15)13(3)14-9-7-6-8-10-14/h6-13,15,17H,4-5H2,1-3H3/t13-,15+/m1/s1. The molecule has 1 aliphatic rings. The summed E-state index contributed by atoms with van der Waals surface area (Å²) < 4.78 is 11.3. The molecule has 2 rings (SSSR count). The molecule has 0 aromatic heterocycles. The van der Waals surface area contributed by atoms with Gasteiger partial charge in [0.1, 0.15) is 6.04 Å². The molecule has 0 aliphatic carbocycles. The van der Waals surface area contributed by atoms with Gasteiger partial charge in [0.2, 0.25) is 5.91 Å². The van der Waals surface area contributed by atoms with Crippen molar-refractivity contribution in [3.05, 3.63) is 48.0 Å². The minimum absolute atomic E-state index is 0.000703. The first kappa shape index (κ1) is 15.7. The van der Waals surface area contributed by atoms with Crippen molar-refractivity contribution in [2.75, 3.05) is 13.2 Å². The van der Waals surface area contributed by atoms with Crippen LogP contribution in [0.4, 0.5) is 0 Å². The summed E-state index contributed by atoms with van der Waals surface area (Å²) in [7, 11) is 0. The van der Waals surface area contributed by atoms with Gasteiger partial charge in [0.25, 0.3) is 0 Å². The summed E-state index contributed by atoms with van der Waals surface area (Å²) in [6.07, 6.45) is 3.06. The van der Waals surface area contributed by atoms with Gasteiger partial charge in [-0.1, -0.05) is 36.4 Å². The molecule has 21 heavy (non-hydrogen) atoms. The predicted octanol–water partition coefficient (Wildman–Crippen LogP) is 2.91. The summed E-state index contributed by atoms with van der Waals surface area (Å²) in [4.78, 5) is 14.1. The maximum Gasteiger partial charge on any atom is 0.247 e. The number of hydrogen-bond donors (Lipinski definition) is 0. The maximum absolute atomic E-state index is 12.2. The van der Waals surface area contributed by atoms with Crippen LogP contribution in [0, 0.1) is 0 Å². The van der Waals surface area contributed by atoms with Crippen molar-refractivity contribution in [1.29, 1.82) is 0 Å². The Morgan fingerprint density at radius 2 is 1.76 bits per heavy atom. The monoisotopic (exact) mass is 289 g/mol. The summed E-state index contributed by atoms with van der Waals surface area (Å²) in [6.45, 7) is 6.99. The van der Waals surface area contributed by atoms with Gasteiger partial charge >= 0.3 is 0 Å². The van der Waals surface area contributed by atoms with Crippen LogP contribution in [0.5, 0.6) is 0 Å². The molecule has 4 heteroatoms. The van der Waals surface area contributed by atoms with Crippen molar-refractivity contribution < 1.29 is 14.3 Å². The van der Waals surface area contributed by atoms with E-state index in [0.717, 1.165) is 5.56 Å².